The van der Waals surface area contributed by atoms with Crippen LogP contribution in [-0.4, -0.2) is 85.1 Å². The van der Waals surface area contributed by atoms with Crippen LogP contribution in [0, 0.1) is 10.1 Å². The van der Waals surface area contributed by atoms with Gasteiger partial charge in [0.1, 0.15) is 24.4 Å². The molecule has 1 heterocycles. The largest absolute Gasteiger partial charge is 0.477 e. The molecule has 6 N–H and O–H groups in total. The highest BCUT2D eigenvalue weighted by atomic mass is 16.7. The number of nitrogens with zero attached hydrogens (tertiary/aromatic N) is 1. The first-order valence-electron chi connectivity index (χ1n) is 6.54. The van der Waals surface area contributed by atoms with Crippen LogP contribution in [0.1, 0.15) is 13.3 Å². The molecule has 12 nitrogen and oxygen atoms in total. The molecule has 1 aliphatic rings. The molecule has 6 atom stereocenters. The van der Waals surface area contributed by atoms with E-state index in [9.17, 15) is 35.0 Å². The summed E-state index contributed by atoms with van der Waals surface area (Å²) in [6.07, 6.45) is -6.66. The average Bonchev–Trinajstić information content (AvgIpc) is 2.46. The summed E-state index contributed by atoms with van der Waals surface area (Å²) in [5.74, 6) is -5.66. The van der Waals surface area contributed by atoms with E-state index >= 15 is 0 Å². The summed E-state index contributed by atoms with van der Waals surface area (Å²) in [6, 6.07) is -3.34. The monoisotopic (exact) mass is 338 g/mol. The zero-order valence-corrected chi connectivity index (χ0v) is 12.0. The van der Waals surface area contributed by atoms with E-state index in [1.807, 2.05) is 0 Å². The minimum atomic E-state index is -2.99. The number of ether oxygens (including phenoxy) is 1. The van der Waals surface area contributed by atoms with E-state index in [1.54, 1.807) is 0 Å². The number of hydrogen-bond acceptors (Lipinski definition) is 9. The van der Waals surface area contributed by atoms with Crippen molar-refractivity contribution < 1.29 is 44.8 Å². The third-order valence-corrected chi connectivity index (χ3v) is 3.48. The summed E-state index contributed by atoms with van der Waals surface area (Å²) in [5.41, 5.74) is 0. The van der Waals surface area contributed by atoms with Gasteiger partial charge >= 0.3 is 5.97 Å². The van der Waals surface area contributed by atoms with Gasteiger partial charge in [-0.05, 0) is 0 Å². The average molecular weight is 338 g/mol. The van der Waals surface area contributed by atoms with Crippen LogP contribution in [0.2, 0.25) is 0 Å². The first kappa shape index (κ1) is 19.2. The van der Waals surface area contributed by atoms with Crippen molar-refractivity contribution in [2.45, 2.75) is 49.5 Å². The highest BCUT2D eigenvalue weighted by Gasteiger charge is 2.58. The maximum absolute atomic E-state index is 11.2. The number of carbonyl (C=O) groups is 2. The van der Waals surface area contributed by atoms with Crippen LogP contribution >= 0.6 is 0 Å². The number of hydrogen-bond donors (Lipinski definition) is 6. The molecular weight excluding hydrogens is 320 g/mol. The maximum Gasteiger partial charge on any atom is 0.364 e. The molecule has 0 aliphatic carbocycles. The highest BCUT2D eigenvalue weighted by Crippen LogP contribution is 2.31. The van der Waals surface area contributed by atoms with Crippen molar-refractivity contribution in [1.82, 2.24) is 5.32 Å². The van der Waals surface area contributed by atoms with Gasteiger partial charge in [0.15, 0.2) is 0 Å². The Balaban J connectivity index is 3.27. The molecule has 0 spiro atoms. The van der Waals surface area contributed by atoms with E-state index in [0.29, 0.717) is 0 Å². The van der Waals surface area contributed by atoms with E-state index in [-0.39, 0.29) is 0 Å². The maximum atomic E-state index is 11.2. The molecular formula is C11H18N2O10. The Morgan fingerprint density at radius 3 is 2.43 bits per heavy atom. The quantitative estimate of drug-likeness (QED) is 0.208. The van der Waals surface area contributed by atoms with Crippen LogP contribution in [0.5, 0.6) is 0 Å². The summed E-state index contributed by atoms with van der Waals surface area (Å²) < 4.78 is 4.83. The van der Waals surface area contributed by atoms with E-state index in [0.717, 1.165) is 6.92 Å². The second-order valence-corrected chi connectivity index (χ2v) is 5.20. The lowest BCUT2D eigenvalue weighted by atomic mass is 9.87. The molecule has 0 radical (unpaired) electrons. The van der Waals surface area contributed by atoms with Crippen LogP contribution in [0.25, 0.3) is 0 Å². The molecule has 1 aliphatic heterocycles. The number of aliphatic hydroxyl groups excluding tert-OH is 3. The third kappa shape index (κ3) is 4.11. The second-order valence-electron chi connectivity index (χ2n) is 5.20. The van der Waals surface area contributed by atoms with Gasteiger partial charge in [0.05, 0.1) is 13.0 Å². The van der Waals surface area contributed by atoms with Crippen LogP contribution < -0.4 is 5.32 Å². The van der Waals surface area contributed by atoms with Crippen molar-refractivity contribution >= 4 is 11.9 Å². The highest BCUT2D eigenvalue weighted by molar-refractivity contribution is 5.76. The number of rotatable bonds is 6. The van der Waals surface area contributed by atoms with E-state index < -0.39 is 66.0 Å². The lowest BCUT2D eigenvalue weighted by Gasteiger charge is -2.42. The van der Waals surface area contributed by atoms with E-state index in [4.69, 9.17) is 14.9 Å². The lowest BCUT2D eigenvalue weighted by molar-refractivity contribution is -0.545. The molecule has 0 aromatic carbocycles. The van der Waals surface area contributed by atoms with Crippen molar-refractivity contribution in [2.24, 2.45) is 0 Å². The van der Waals surface area contributed by atoms with Gasteiger partial charge in [0, 0.05) is 11.8 Å². The smallest absolute Gasteiger partial charge is 0.364 e. The minimum absolute atomic E-state index is 0.734. The number of aliphatic carboxylic acids is 1. The number of nitrogens with one attached hydrogen (secondary N) is 1. The summed E-state index contributed by atoms with van der Waals surface area (Å²) in [6.45, 7) is 0.0728. The van der Waals surface area contributed by atoms with Gasteiger partial charge in [-0.3, -0.25) is 14.9 Å². The van der Waals surface area contributed by atoms with Crippen molar-refractivity contribution in [3.63, 3.8) is 0 Å². The molecule has 0 unspecified atom stereocenters. The molecule has 132 valence electrons. The number of carboxylic acid groups (broad SMARTS) is 1. The van der Waals surface area contributed by atoms with Crippen LogP contribution in [0.15, 0.2) is 0 Å². The molecule has 12 heteroatoms. The Bertz CT molecular complexity index is 485. The fourth-order valence-electron chi connectivity index (χ4n) is 2.34. The zero-order valence-electron chi connectivity index (χ0n) is 12.0. The number of nitro groups is 1. The Labute approximate surface area is 129 Å². The van der Waals surface area contributed by atoms with E-state index in [2.05, 4.69) is 5.32 Å². The summed E-state index contributed by atoms with van der Waals surface area (Å²) in [7, 11) is 0. The van der Waals surface area contributed by atoms with Gasteiger partial charge in [-0.2, -0.15) is 0 Å². The molecule has 0 bridgehead atoms. The zero-order chi connectivity index (χ0) is 17.9. The van der Waals surface area contributed by atoms with Crippen LogP contribution in [0.3, 0.4) is 0 Å². The van der Waals surface area contributed by atoms with Gasteiger partial charge in [-0.25, -0.2) is 4.79 Å². The Morgan fingerprint density at radius 2 is 2.04 bits per heavy atom. The SMILES string of the molecule is CC(=O)N[C@H]1[C@H]([C@@H](O)[C@H](O)CO)O[C@](O)(C(=O)O)C[C@@H]1[N+](=O)[O-]. The number of carboxylic acids is 1. The minimum Gasteiger partial charge on any atom is -0.477 e. The Kier molecular flexibility index (Phi) is 5.96. The van der Waals surface area contributed by atoms with Gasteiger partial charge < -0.3 is 35.6 Å². The topological polar surface area (TPSA) is 200 Å². The molecule has 1 rings (SSSR count). The predicted molar refractivity (Wildman–Crippen MR) is 69.6 cm³/mol. The van der Waals surface area contributed by atoms with Crippen LogP contribution in [0.4, 0.5) is 0 Å². The lowest BCUT2D eigenvalue weighted by Crippen LogP contribution is -2.68. The molecule has 1 saturated heterocycles. The molecule has 0 aromatic heterocycles. The molecule has 0 aromatic rings. The van der Waals surface area contributed by atoms with Crippen molar-refractivity contribution in [2.75, 3.05) is 6.61 Å². The molecule has 0 saturated carbocycles. The third-order valence-electron chi connectivity index (χ3n) is 3.48. The summed E-state index contributed by atoms with van der Waals surface area (Å²) >= 11 is 0. The van der Waals surface area contributed by atoms with Gasteiger partial charge in [-0.1, -0.05) is 0 Å². The molecule has 1 fully saturated rings. The fraction of sp³-hybridized carbons (Fsp3) is 0.818. The van der Waals surface area contributed by atoms with Crippen molar-refractivity contribution in [3.8, 4) is 0 Å². The molecule has 23 heavy (non-hydrogen) atoms. The van der Waals surface area contributed by atoms with Crippen LogP contribution in [-0.2, 0) is 14.3 Å². The first-order valence-corrected chi connectivity index (χ1v) is 6.54. The fourth-order valence-corrected chi connectivity index (χ4v) is 2.34. The number of carbonyl (C=O) groups excluding carboxylic acids is 1. The van der Waals surface area contributed by atoms with Crippen molar-refractivity contribution in [3.05, 3.63) is 10.1 Å². The number of aliphatic hydroxyl groups is 4. The predicted octanol–water partition coefficient (Wildman–Crippen LogP) is -3.59. The Morgan fingerprint density at radius 1 is 1.48 bits per heavy atom. The standard InChI is InChI=1S/C11H18N2O10/c1-4(15)12-7-5(13(21)22)2-11(20,10(18)19)23-9(7)8(17)6(16)3-14/h5-9,14,16-17,20H,2-3H2,1H3,(H,12,15)(H,18,19)/t5-,6+,7+,8-,9+,11-/m0/s1. The van der Waals surface area contributed by atoms with Gasteiger partial charge in [-0.15, -0.1) is 0 Å². The van der Waals surface area contributed by atoms with Crippen molar-refractivity contribution in [1.29, 1.82) is 0 Å². The molecule has 1 amide bonds. The summed E-state index contributed by atoms with van der Waals surface area (Å²) in [4.78, 5) is 32.6. The first-order chi connectivity index (χ1) is 10.5. The second kappa shape index (κ2) is 7.14. The number of amides is 1. The van der Waals surface area contributed by atoms with Gasteiger partial charge in [0.25, 0.3) is 5.79 Å². The summed E-state index contributed by atoms with van der Waals surface area (Å²) in [5, 5.41) is 60.4. The Hall–Kier alpha value is -1.86. The van der Waals surface area contributed by atoms with E-state index in [1.165, 1.54) is 0 Å². The van der Waals surface area contributed by atoms with Gasteiger partial charge in [0.2, 0.25) is 11.9 Å². The normalized spacial score (nSPS) is 33.5.